The Bertz CT molecular complexity index is 42.8. The first-order chi connectivity index (χ1) is 1.91. The van der Waals surface area contributed by atoms with Gasteiger partial charge in [0.15, 0.2) is 0 Å². The summed E-state index contributed by atoms with van der Waals surface area (Å²) >= 11 is 5.47. The van der Waals surface area contributed by atoms with Gasteiger partial charge >= 0.3 is 0 Å². The van der Waals surface area contributed by atoms with E-state index in [-0.39, 0.29) is 0 Å². The minimum atomic E-state index is 1.91. The molecule has 0 spiro atoms. The fraction of sp³-hybridized carbons (Fsp3) is 0. The van der Waals surface area contributed by atoms with Crippen molar-refractivity contribution in [2.45, 2.75) is 0 Å². The molecule has 0 bridgehead atoms. The summed E-state index contributed by atoms with van der Waals surface area (Å²) in [4.78, 5) is 0. The molecule has 0 unspecified atom stereocenters. The van der Waals surface area contributed by atoms with E-state index in [1.54, 1.807) is 0 Å². The zero-order valence-electron chi connectivity index (χ0n) is 1.83. The third-order valence-electron chi connectivity index (χ3n) is 0.0423. The highest BCUT2D eigenvalue weighted by Crippen LogP contribution is 1.69. The Hall–Kier alpha value is 0.640. The average molecular weight is 184 g/mol. The minimum absolute atomic E-state index is 1.91. The van der Waals surface area contributed by atoms with Crippen molar-refractivity contribution >= 4 is 35.2 Å². The van der Waals surface area contributed by atoms with E-state index in [1.807, 2.05) is 22.6 Å². The second-order valence-corrected chi connectivity index (χ2v) is 0.969. The molecule has 0 heterocycles. The molecule has 0 amide bonds. The highest BCUT2D eigenvalue weighted by molar-refractivity contribution is 14.1. The van der Waals surface area contributed by atoms with E-state index in [4.69, 9.17) is 0 Å². The van der Waals surface area contributed by atoms with Gasteiger partial charge in [-0.15, -0.1) is 0 Å². The summed E-state index contributed by atoms with van der Waals surface area (Å²) < 4.78 is 2.51. The van der Waals surface area contributed by atoms with Crippen molar-refractivity contribution in [3.8, 4) is 9.18 Å². The molecule has 0 aliphatic carbocycles. The lowest BCUT2D eigenvalue weighted by Crippen LogP contribution is -1.11. The van der Waals surface area contributed by atoms with Crippen LogP contribution in [0.15, 0.2) is 0 Å². The van der Waals surface area contributed by atoms with Gasteiger partial charge in [0.1, 0.15) is 0 Å². The molecule has 0 saturated heterocycles. The number of hydrogen-bond donors (Lipinski definition) is 1. The SMILES string of the molecule is SC#CI. The predicted molar refractivity (Wildman–Crippen MR) is 30.8 cm³/mol. The summed E-state index contributed by atoms with van der Waals surface area (Å²) in [5, 5.41) is 2.36. The van der Waals surface area contributed by atoms with E-state index in [1.165, 1.54) is 0 Å². The lowest BCUT2D eigenvalue weighted by Gasteiger charge is -1.36. The molecule has 0 aliphatic rings. The van der Waals surface area contributed by atoms with Crippen LogP contribution in [0.1, 0.15) is 0 Å². The van der Waals surface area contributed by atoms with Crippen molar-refractivity contribution < 1.29 is 0 Å². The number of thiol groups is 1. The smallest absolute Gasteiger partial charge is 0.0191 e. The molecule has 0 N–H and O–H groups in total. The van der Waals surface area contributed by atoms with Crippen LogP contribution in [-0.4, -0.2) is 0 Å². The van der Waals surface area contributed by atoms with Crippen molar-refractivity contribution in [1.29, 1.82) is 0 Å². The van der Waals surface area contributed by atoms with E-state index in [9.17, 15) is 0 Å². The molecule has 0 aromatic carbocycles. The molecular formula is C2HIS. The topological polar surface area (TPSA) is 0 Å². The van der Waals surface area contributed by atoms with Gasteiger partial charge in [-0.2, -0.15) is 0 Å². The quantitative estimate of drug-likeness (QED) is 0.327. The number of halogens is 1. The summed E-state index contributed by atoms with van der Waals surface area (Å²) in [6, 6.07) is 0. The van der Waals surface area contributed by atoms with Crippen molar-refractivity contribution in [2.24, 2.45) is 0 Å². The van der Waals surface area contributed by atoms with E-state index in [2.05, 4.69) is 21.8 Å². The number of rotatable bonds is 0. The molecule has 0 nitrogen and oxygen atoms in total. The Balaban J connectivity index is 2.83. The summed E-state index contributed by atoms with van der Waals surface area (Å²) in [6.07, 6.45) is 0. The largest absolute Gasteiger partial charge is 0.0914 e. The molecule has 0 aliphatic heterocycles. The molecule has 0 radical (unpaired) electrons. The zero-order chi connectivity index (χ0) is 3.41. The van der Waals surface area contributed by atoms with Gasteiger partial charge < -0.3 is 0 Å². The second kappa shape index (κ2) is 3.64. The molecule has 22 valence electrons. The van der Waals surface area contributed by atoms with Crippen LogP contribution >= 0.6 is 35.2 Å². The molecule has 4 heavy (non-hydrogen) atoms. The molecule has 0 saturated carbocycles. The molecule has 0 aromatic rings. The summed E-state index contributed by atoms with van der Waals surface area (Å²) in [5.74, 6) is 0. The standard InChI is InChI=1S/C2HIS/c3-1-2-4/h4H. The van der Waals surface area contributed by atoms with Gasteiger partial charge in [0, 0.05) is 22.6 Å². The molecule has 0 aromatic heterocycles. The zero-order valence-corrected chi connectivity index (χ0v) is 4.88. The average Bonchev–Trinajstić information content (AvgIpc) is 1.37. The Kier molecular flexibility index (Phi) is 4.22. The maximum absolute atomic E-state index is 3.55. The second-order valence-electron chi connectivity index (χ2n) is 0.206. The third-order valence-corrected chi connectivity index (χ3v) is 0.850. The Morgan fingerprint density at radius 1 is 1.75 bits per heavy atom. The van der Waals surface area contributed by atoms with Gasteiger partial charge in [-0.1, -0.05) is 12.6 Å². The molecular weight excluding hydrogens is 183 g/mol. The normalized spacial score (nSPS) is 3.50. The van der Waals surface area contributed by atoms with Crippen LogP contribution in [0.25, 0.3) is 0 Å². The van der Waals surface area contributed by atoms with Gasteiger partial charge in [-0.25, -0.2) is 0 Å². The molecule has 0 fully saturated rings. The maximum atomic E-state index is 3.55. The minimum Gasteiger partial charge on any atom is -0.0914 e. The predicted octanol–water partition coefficient (Wildman–Crippen LogP) is 1.27. The summed E-state index contributed by atoms with van der Waals surface area (Å²) in [5.41, 5.74) is 0. The first-order valence-electron chi connectivity index (χ1n) is 0.663. The van der Waals surface area contributed by atoms with Crippen LogP contribution in [0.4, 0.5) is 0 Å². The van der Waals surface area contributed by atoms with Gasteiger partial charge in [-0.05, 0) is 9.18 Å². The van der Waals surface area contributed by atoms with Gasteiger partial charge in [-0.3, -0.25) is 0 Å². The van der Waals surface area contributed by atoms with Crippen LogP contribution in [0.3, 0.4) is 0 Å². The van der Waals surface area contributed by atoms with Gasteiger partial charge in [0.2, 0.25) is 0 Å². The Labute approximate surface area is 44.5 Å². The first kappa shape index (κ1) is 4.64. The summed E-state index contributed by atoms with van der Waals surface area (Å²) in [6.45, 7) is 0. The van der Waals surface area contributed by atoms with E-state index in [0.717, 1.165) is 0 Å². The highest BCUT2D eigenvalue weighted by atomic mass is 127. The van der Waals surface area contributed by atoms with E-state index < -0.39 is 0 Å². The fourth-order valence-electron chi connectivity index (χ4n) is 0. The van der Waals surface area contributed by atoms with E-state index in [0.29, 0.717) is 0 Å². The van der Waals surface area contributed by atoms with Crippen LogP contribution in [0, 0.1) is 9.18 Å². The Morgan fingerprint density at radius 3 is 2.00 bits per heavy atom. The van der Waals surface area contributed by atoms with Crippen molar-refractivity contribution in [2.75, 3.05) is 0 Å². The maximum Gasteiger partial charge on any atom is 0.0191 e. The monoisotopic (exact) mass is 184 g/mol. The summed E-state index contributed by atoms with van der Waals surface area (Å²) in [7, 11) is 0. The highest BCUT2D eigenvalue weighted by Gasteiger charge is 1.30. The lowest BCUT2D eigenvalue weighted by atomic mass is 11.4. The van der Waals surface area contributed by atoms with Gasteiger partial charge in [0.25, 0.3) is 0 Å². The molecule has 0 atom stereocenters. The first-order valence-corrected chi connectivity index (χ1v) is 2.19. The molecule has 0 rings (SSSR count). The van der Waals surface area contributed by atoms with Crippen LogP contribution in [0.5, 0.6) is 0 Å². The lowest BCUT2D eigenvalue weighted by molar-refractivity contribution is 3.15. The third kappa shape index (κ3) is 2.64. The molecule has 2 heteroatoms. The Morgan fingerprint density at radius 2 is 2.00 bits per heavy atom. The van der Waals surface area contributed by atoms with Crippen molar-refractivity contribution in [3.05, 3.63) is 0 Å². The van der Waals surface area contributed by atoms with E-state index >= 15 is 0 Å². The van der Waals surface area contributed by atoms with Crippen molar-refractivity contribution in [3.63, 3.8) is 0 Å². The number of hydrogen-bond acceptors (Lipinski definition) is 1. The van der Waals surface area contributed by atoms with Crippen LogP contribution in [-0.2, 0) is 0 Å². The fourth-order valence-corrected chi connectivity index (χ4v) is 0. The van der Waals surface area contributed by atoms with Crippen molar-refractivity contribution in [1.82, 2.24) is 0 Å². The van der Waals surface area contributed by atoms with Crippen LogP contribution < -0.4 is 0 Å². The van der Waals surface area contributed by atoms with Gasteiger partial charge in [0.05, 0.1) is 0 Å². The van der Waals surface area contributed by atoms with Crippen LogP contribution in [0.2, 0.25) is 0 Å².